The molecule has 3 aromatic rings. The number of aryl methyl sites for hydroxylation is 2. The predicted molar refractivity (Wildman–Crippen MR) is 124 cm³/mol. The van der Waals surface area contributed by atoms with Crippen LogP contribution in [0.1, 0.15) is 37.9 Å². The van der Waals surface area contributed by atoms with Crippen molar-refractivity contribution in [3.8, 4) is 0 Å². The second-order valence-electron chi connectivity index (χ2n) is 8.94. The zero-order valence-electron chi connectivity index (χ0n) is 18.6. The van der Waals surface area contributed by atoms with Gasteiger partial charge in [-0.2, -0.15) is 4.31 Å². The topological polar surface area (TPSA) is 84.3 Å². The fraction of sp³-hybridized carbons (Fsp3) is 0.417. The van der Waals surface area contributed by atoms with Gasteiger partial charge in [-0.3, -0.25) is 4.79 Å². The Bertz CT molecular complexity index is 1350. The number of carbonyl (C=O) groups is 1. The molecule has 0 unspecified atom stereocenters. The van der Waals surface area contributed by atoms with Gasteiger partial charge in [0.2, 0.25) is 15.9 Å². The minimum absolute atomic E-state index is 0.131. The van der Waals surface area contributed by atoms with Gasteiger partial charge in [-0.25, -0.2) is 22.2 Å². The molecule has 0 bridgehead atoms. The molecule has 34 heavy (non-hydrogen) atoms. The number of aromatic nitrogens is 2. The summed E-state index contributed by atoms with van der Waals surface area (Å²) in [5.41, 5.74) is 2.61. The number of rotatable bonds is 4. The molecule has 0 atom stereocenters. The van der Waals surface area contributed by atoms with Gasteiger partial charge < -0.3 is 9.88 Å². The van der Waals surface area contributed by atoms with Gasteiger partial charge in [0.05, 0.1) is 15.9 Å². The minimum atomic E-state index is -3.95. The number of hydrogen-bond donors (Lipinski definition) is 1. The van der Waals surface area contributed by atoms with E-state index in [0.29, 0.717) is 24.6 Å². The number of amides is 1. The molecule has 10 heteroatoms. The van der Waals surface area contributed by atoms with Crippen LogP contribution in [0.3, 0.4) is 0 Å². The fourth-order valence-electron chi connectivity index (χ4n) is 4.82. The van der Waals surface area contributed by atoms with Crippen molar-refractivity contribution in [2.45, 2.75) is 50.0 Å². The monoisotopic (exact) mass is 488 g/mol. The van der Waals surface area contributed by atoms with Gasteiger partial charge in [-0.15, -0.1) is 0 Å². The third kappa shape index (κ3) is 4.32. The number of carbonyl (C=O) groups excluding carboxylic acids is 1. The lowest BCUT2D eigenvalue weighted by Crippen LogP contribution is -2.41. The Morgan fingerprint density at radius 2 is 1.76 bits per heavy atom. The zero-order chi connectivity index (χ0) is 23.9. The summed E-state index contributed by atoms with van der Waals surface area (Å²) in [7, 11) is -3.95. The van der Waals surface area contributed by atoms with E-state index in [1.807, 2.05) is 18.2 Å². The van der Waals surface area contributed by atoms with Crippen molar-refractivity contribution >= 4 is 32.7 Å². The molecule has 2 aliphatic heterocycles. The highest BCUT2D eigenvalue weighted by molar-refractivity contribution is 7.89. The smallest absolute Gasteiger partial charge is 0.243 e. The van der Waals surface area contributed by atoms with E-state index in [1.165, 1.54) is 10.7 Å². The molecule has 0 aliphatic carbocycles. The maximum Gasteiger partial charge on any atom is 0.243 e. The van der Waals surface area contributed by atoms with Crippen LogP contribution in [0.15, 0.2) is 41.3 Å². The van der Waals surface area contributed by atoms with E-state index in [2.05, 4.69) is 9.88 Å². The molecule has 1 saturated heterocycles. The summed E-state index contributed by atoms with van der Waals surface area (Å²) >= 11 is 0. The first-order valence-corrected chi connectivity index (χ1v) is 13.0. The van der Waals surface area contributed by atoms with E-state index in [1.54, 1.807) is 0 Å². The van der Waals surface area contributed by atoms with E-state index in [9.17, 15) is 22.0 Å². The largest absolute Gasteiger partial charge is 0.328 e. The Labute approximate surface area is 196 Å². The molecular formula is C24H26F2N4O3S. The molecule has 1 amide bonds. The van der Waals surface area contributed by atoms with Crippen molar-refractivity contribution in [3.05, 3.63) is 53.9 Å². The Balaban J connectivity index is 1.23. The molecule has 2 aliphatic rings. The van der Waals surface area contributed by atoms with Crippen LogP contribution < -0.4 is 5.32 Å². The molecule has 3 heterocycles. The van der Waals surface area contributed by atoms with Crippen LogP contribution in [0.4, 0.5) is 14.5 Å². The van der Waals surface area contributed by atoms with Crippen LogP contribution >= 0.6 is 0 Å². The molecule has 7 nitrogen and oxygen atoms in total. The Kier molecular flexibility index (Phi) is 6.11. The SMILES string of the molecule is O=C(Nc1ccc2c(c1)nc1n2CCCCC1)C1CCN(S(=O)(=O)c2ccc(F)c(F)c2)CC1. The van der Waals surface area contributed by atoms with Crippen molar-refractivity contribution in [2.75, 3.05) is 18.4 Å². The van der Waals surface area contributed by atoms with Crippen molar-refractivity contribution < 1.29 is 22.0 Å². The molecule has 0 spiro atoms. The summed E-state index contributed by atoms with van der Waals surface area (Å²) < 4.78 is 55.7. The van der Waals surface area contributed by atoms with E-state index in [-0.39, 0.29) is 29.8 Å². The molecule has 2 aromatic carbocycles. The van der Waals surface area contributed by atoms with Gasteiger partial charge >= 0.3 is 0 Å². The number of imidazole rings is 1. The Morgan fingerprint density at radius 1 is 0.971 bits per heavy atom. The lowest BCUT2D eigenvalue weighted by Gasteiger charge is -2.30. The zero-order valence-corrected chi connectivity index (χ0v) is 19.5. The van der Waals surface area contributed by atoms with E-state index in [4.69, 9.17) is 4.98 Å². The molecule has 1 aromatic heterocycles. The third-order valence-electron chi connectivity index (χ3n) is 6.73. The summed E-state index contributed by atoms with van der Waals surface area (Å²) in [6, 6.07) is 8.30. The summed E-state index contributed by atoms with van der Waals surface area (Å²) in [6.07, 6.45) is 5.13. The number of piperidine rings is 1. The molecule has 1 N–H and O–H groups in total. The number of benzene rings is 2. The van der Waals surface area contributed by atoms with Gasteiger partial charge in [-0.1, -0.05) is 6.42 Å². The first-order chi connectivity index (χ1) is 16.3. The Morgan fingerprint density at radius 3 is 2.53 bits per heavy atom. The highest BCUT2D eigenvalue weighted by Crippen LogP contribution is 2.28. The standard InChI is InChI=1S/C24H26F2N4O3S/c25-19-7-6-18(15-20(19)26)34(32,33)29-12-9-16(10-13-29)24(31)27-17-5-8-22-21(14-17)28-23-4-2-1-3-11-30(22)23/h5-8,14-16H,1-4,9-13H2,(H,27,31). The number of sulfonamides is 1. The maximum atomic E-state index is 13.5. The van der Waals surface area contributed by atoms with Crippen LogP contribution in [0.2, 0.25) is 0 Å². The fourth-order valence-corrected chi connectivity index (χ4v) is 6.30. The maximum absolute atomic E-state index is 13.5. The summed E-state index contributed by atoms with van der Waals surface area (Å²) in [5.74, 6) is -1.72. The van der Waals surface area contributed by atoms with E-state index in [0.717, 1.165) is 54.8 Å². The van der Waals surface area contributed by atoms with Crippen LogP contribution in [0.25, 0.3) is 11.0 Å². The molecular weight excluding hydrogens is 462 g/mol. The first kappa shape index (κ1) is 22.9. The van der Waals surface area contributed by atoms with Crippen LogP contribution in [0, 0.1) is 17.6 Å². The van der Waals surface area contributed by atoms with Crippen molar-refractivity contribution in [2.24, 2.45) is 5.92 Å². The van der Waals surface area contributed by atoms with Crippen LogP contribution in [0.5, 0.6) is 0 Å². The average molecular weight is 489 g/mol. The Hall–Kier alpha value is -2.85. The summed E-state index contributed by atoms with van der Waals surface area (Å²) in [6.45, 7) is 1.22. The van der Waals surface area contributed by atoms with Gasteiger partial charge in [-0.05, 0) is 62.1 Å². The van der Waals surface area contributed by atoms with Crippen molar-refractivity contribution in [1.82, 2.24) is 13.9 Å². The first-order valence-electron chi connectivity index (χ1n) is 11.6. The molecule has 5 rings (SSSR count). The van der Waals surface area contributed by atoms with E-state index < -0.39 is 21.7 Å². The predicted octanol–water partition coefficient (Wildman–Crippen LogP) is 4.08. The second-order valence-corrected chi connectivity index (χ2v) is 10.9. The summed E-state index contributed by atoms with van der Waals surface area (Å²) in [5, 5.41) is 2.95. The van der Waals surface area contributed by atoms with Gasteiger partial charge in [0.1, 0.15) is 5.82 Å². The van der Waals surface area contributed by atoms with Gasteiger partial charge in [0.25, 0.3) is 0 Å². The molecule has 0 radical (unpaired) electrons. The van der Waals surface area contributed by atoms with Crippen molar-refractivity contribution in [1.29, 1.82) is 0 Å². The molecule has 0 saturated carbocycles. The van der Waals surface area contributed by atoms with Gasteiger partial charge in [0.15, 0.2) is 11.6 Å². The van der Waals surface area contributed by atoms with Crippen LogP contribution in [-0.2, 0) is 27.8 Å². The van der Waals surface area contributed by atoms with Crippen LogP contribution in [-0.4, -0.2) is 41.3 Å². The lowest BCUT2D eigenvalue weighted by molar-refractivity contribution is -0.120. The average Bonchev–Trinajstić information content (AvgIpc) is 3.00. The number of nitrogens with zero attached hydrogens (tertiary/aromatic N) is 3. The second kappa shape index (κ2) is 9.07. The number of nitrogens with one attached hydrogen (secondary N) is 1. The molecule has 1 fully saturated rings. The number of halogens is 2. The van der Waals surface area contributed by atoms with Crippen molar-refractivity contribution in [3.63, 3.8) is 0 Å². The number of fused-ring (bicyclic) bond motifs is 3. The van der Waals surface area contributed by atoms with E-state index >= 15 is 0 Å². The minimum Gasteiger partial charge on any atom is -0.328 e. The quantitative estimate of drug-likeness (QED) is 0.600. The normalized spacial score (nSPS) is 17.9. The highest BCUT2D eigenvalue weighted by Gasteiger charge is 2.32. The molecule has 180 valence electrons. The van der Waals surface area contributed by atoms with Gasteiger partial charge in [0, 0.05) is 37.7 Å². The number of hydrogen-bond acceptors (Lipinski definition) is 4. The highest BCUT2D eigenvalue weighted by atomic mass is 32.2. The third-order valence-corrected chi connectivity index (χ3v) is 8.63. The summed E-state index contributed by atoms with van der Waals surface area (Å²) in [4.78, 5) is 17.3. The lowest BCUT2D eigenvalue weighted by atomic mass is 9.97. The number of anilines is 1.